The molecule has 1 aromatic heterocycles. The number of oxazole rings is 1. The maximum atomic E-state index is 5.86. The number of rotatable bonds is 3. The molecule has 4 nitrogen and oxygen atoms in total. The van der Waals surface area contributed by atoms with Crippen LogP contribution in [0.2, 0.25) is 5.02 Å². The second-order valence-corrected chi connectivity index (χ2v) is 3.87. The topological polar surface area (TPSA) is 64.1 Å². The summed E-state index contributed by atoms with van der Waals surface area (Å²) in [5, 5.41) is 3.77. The maximum Gasteiger partial charge on any atom is 0.299 e. The van der Waals surface area contributed by atoms with Crippen molar-refractivity contribution in [1.82, 2.24) is 4.98 Å². The molecular formula is C11H12ClN3O. The molecule has 2 rings (SSSR count). The van der Waals surface area contributed by atoms with Crippen LogP contribution in [-0.4, -0.2) is 4.98 Å². The van der Waals surface area contributed by atoms with Gasteiger partial charge in [0.05, 0.1) is 5.69 Å². The summed E-state index contributed by atoms with van der Waals surface area (Å²) in [6.07, 6.45) is 1.54. The number of halogens is 1. The summed E-state index contributed by atoms with van der Waals surface area (Å²) >= 11 is 5.86. The van der Waals surface area contributed by atoms with Crippen LogP contribution < -0.4 is 11.1 Å². The molecule has 5 heteroatoms. The number of hydrogen-bond donors (Lipinski definition) is 2. The average Bonchev–Trinajstić information content (AvgIpc) is 2.70. The minimum absolute atomic E-state index is 0.366. The van der Waals surface area contributed by atoms with Crippen LogP contribution in [-0.2, 0) is 6.54 Å². The first-order chi connectivity index (χ1) is 7.69. The number of hydrogen-bond acceptors (Lipinski definition) is 4. The van der Waals surface area contributed by atoms with Gasteiger partial charge in [0.15, 0.2) is 0 Å². The van der Waals surface area contributed by atoms with Crippen molar-refractivity contribution in [2.75, 3.05) is 5.32 Å². The van der Waals surface area contributed by atoms with E-state index in [1.165, 1.54) is 6.26 Å². The van der Waals surface area contributed by atoms with Crippen LogP contribution in [0.25, 0.3) is 0 Å². The predicted molar refractivity (Wildman–Crippen MR) is 63.9 cm³/mol. The number of nitrogens with two attached hydrogens (primary N) is 1. The third kappa shape index (κ3) is 2.35. The van der Waals surface area contributed by atoms with E-state index in [0.29, 0.717) is 23.3 Å². The highest BCUT2D eigenvalue weighted by Crippen LogP contribution is 2.23. The highest BCUT2D eigenvalue weighted by Gasteiger charge is 2.04. The predicted octanol–water partition coefficient (Wildman–Crippen LogP) is 2.84. The molecule has 84 valence electrons. The fraction of sp³-hybridized carbons (Fsp3) is 0.182. The van der Waals surface area contributed by atoms with Crippen molar-refractivity contribution in [1.29, 1.82) is 0 Å². The van der Waals surface area contributed by atoms with Gasteiger partial charge in [-0.2, -0.15) is 4.98 Å². The van der Waals surface area contributed by atoms with Gasteiger partial charge in [-0.25, -0.2) is 0 Å². The van der Waals surface area contributed by atoms with E-state index >= 15 is 0 Å². The molecule has 3 N–H and O–H groups in total. The highest BCUT2D eigenvalue weighted by molar-refractivity contribution is 6.30. The Hall–Kier alpha value is -1.52. The Balaban J connectivity index is 2.20. The van der Waals surface area contributed by atoms with E-state index in [1.54, 1.807) is 0 Å². The average molecular weight is 238 g/mol. The van der Waals surface area contributed by atoms with E-state index in [2.05, 4.69) is 10.3 Å². The van der Waals surface area contributed by atoms with E-state index in [4.69, 9.17) is 21.8 Å². The van der Waals surface area contributed by atoms with Crippen LogP contribution in [0.4, 0.5) is 11.7 Å². The normalized spacial score (nSPS) is 10.4. The molecule has 0 bridgehead atoms. The molecule has 0 saturated heterocycles. The van der Waals surface area contributed by atoms with Gasteiger partial charge < -0.3 is 15.5 Å². The van der Waals surface area contributed by atoms with Gasteiger partial charge >= 0.3 is 0 Å². The van der Waals surface area contributed by atoms with Gasteiger partial charge in [0.25, 0.3) is 6.01 Å². The fourth-order valence-electron chi connectivity index (χ4n) is 1.34. The Bertz CT molecular complexity index is 496. The van der Waals surface area contributed by atoms with Gasteiger partial charge in [-0.1, -0.05) is 11.6 Å². The van der Waals surface area contributed by atoms with Crippen molar-refractivity contribution in [2.24, 2.45) is 5.73 Å². The van der Waals surface area contributed by atoms with Gasteiger partial charge in [0.2, 0.25) is 0 Å². The second kappa shape index (κ2) is 4.55. The summed E-state index contributed by atoms with van der Waals surface area (Å²) in [6.45, 7) is 2.33. The standard InChI is InChI=1S/C11H12ClN3O/c1-7-4-8(12)2-3-10(7)15-11-14-9(5-13)6-16-11/h2-4,6H,5,13H2,1H3,(H,14,15). The van der Waals surface area contributed by atoms with E-state index in [-0.39, 0.29) is 0 Å². The van der Waals surface area contributed by atoms with Crippen molar-refractivity contribution in [3.8, 4) is 0 Å². The summed E-state index contributed by atoms with van der Waals surface area (Å²) in [6, 6.07) is 6.00. The third-order valence-corrected chi connectivity index (χ3v) is 2.43. The molecule has 1 aromatic carbocycles. The molecule has 2 aromatic rings. The summed E-state index contributed by atoms with van der Waals surface area (Å²) < 4.78 is 5.21. The Kier molecular flexibility index (Phi) is 3.12. The largest absolute Gasteiger partial charge is 0.432 e. The lowest BCUT2D eigenvalue weighted by atomic mass is 10.2. The zero-order valence-corrected chi connectivity index (χ0v) is 9.58. The second-order valence-electron chi connectivity index (χ2n) is 3.43. The molecule has 0 fully saturated rings. The van der Waals surface area contributed by atoms with Gasteiger partial charge in [0.1, 0.15) is 6.26 Å². The van der Waals surface area contributed by atoms with Crippen LogP contribution >= 0.6 is 11.6 Å². The summed E-state index contributed by atoms with van der Waals surface area (Å²) in [5.74, 6) is 0. The lowest BCUT2D eigenvalue weighted by Gasteiger charge is -2.05. The van der Waals surface area contributed by atoms with Crippen molar-refractivity contribution in [3.05, 3.63) is 40.7 Å². The van der Waals surface area contributed by atoms with Crippen LogP contribution in [0.3, 0.4) is 0 Å². The van der Waals surface area contributed by atoms with Crippen molar-refractivity contribution in [2.45, 2.75) is 13.5 Å². The van der Waals surface area contributed by atoms with Gasteiger partial charge in [-0.05, 0) is 30.7 Å². The SMILES string of the molecule is Cc1cc(Cl)ccc1Nc1nc(CN)co1. The first-order valence-corrected chi connectivity index (χ1v) is 5.24. The molecule has 0 spiro atoms. The van der Waals surface area contributed by atoms with Crippen molar-refractivity contribution >= 4 is 23.3 Å². The first-order valence-electron chi connectivity index (χ1n) is 4.86. The minimum Gasteiger partial charge on any atom is -0.432 e. The lowest BCUT2D eigenvalue weighted by Crippen LogP contribution is -1.97. The van der Waals surface area contributed by atoms with E-state index < -0.39 is 0 Å². The molecular weight excluding hydrogens is 226 g/mol. The van der Waals surface area contributed by atoms with Crippen LogP contribution in [0.1, 0.15) is 11.3 Å². The molecule has 16 heavy (non-hydrogen) atoms. The van der Waals surface area contributed by atoms with Crippen LogP contribution in [0, 0.1) is 6.92 Å². The van der Waals surface area contributed by atoms with Crippen LogP contribution in [0.15, 0.2) is 28.9 Å². The number of nitrogens with one attached hydrogen (secondary N) is 1. The Morgan fingerprint density at radius 1 is 1.50 bits per heavy atom. The van der Waals surface area contributed by atoms with Crippen molar-refractivity contribution in [3.63, 3.8) is 0 Å². The lowest BCUT2D eigenvalue weighted by molar-refractivity contribution is 0.576. The molecule has 0 aliphatic heterocycles. The summed E-state index contributed by atoms with van der Waals surface area (Å²) in [7, 11) is 0. The maximum absolute atomic E-state index is 5.86. The fourth-order valence-corrected chi connectivity index (χ4v) is 1.57. The van der Waals surface area contributed by atoms with Crippen molar-refractivity contribution < 1.29 is 4.42 Å². The monoisotopic (exact) mass is 237 g/mol. The Labute approximate surface area is 98.4 Å². The number of nitrogens with zero attached hydrogens (tertiary/aromatic N) is 1. The van der Waals surface area contributed by atoms with Crippen LogP contribution in [0.5, 0.6) is 0 Å². The molecule has 0 aliphatic carbocycles. The Morgan fingerprint density at radius 2 is 2.31 bits per heavy atom. The number of benzene rings is 1. The number of aryl methyl sites for hydroxylation is 1. The smallest absolute Gasteiger partial charge is 0.299 e. The van der Waals surface area contributed by atoms with E-state index in [1.807, 2.05) is 25.1 Å². The molecule has 0 amide bonds. The minimum atomic E-state index is 0.366. The molecule has 0 saturated carbocycles. The first kappa shape index (κ1) is 11.0. The number of anilines is 2. The highest BCUT2D eigenvalue weighted by atomic mass is 35.5. The van der Waals surface area contributed by atoms with Gasteiger partial charge in [-0.15, -0.1) is 0 Å². The number of aromatic nitrogens is 1. The molecule has 0 aliphatic rings. The quantitative estimate of drug-likeness (QED) is 0.862. The zero-order valence-electron chi connectivity index (χ0n) is 8.83. The Morgan fingerprint density at radius 3 is 2.94 bits per heavy atom. The van der Waals surface area contributed by atoms with E-state index in [0.717, 1.165) is 11.3 Å². The molecule has 0 radical (unpaired) electrons. The molecule has 0 unspecified atom stereocenters. The van der Waals surface area contributed by atoms with Gasteiger partial charge in [-0.3, -0.25) is 0 Å². The van der Waals surface area contributed by atoms with E-state index in [9.17, 15) is 0 Å². The molecule has 1 heterocycles. The van der Waals surface area contributed by atoms with Gasteiger partial charge in [0, 0.05) is 17.3 Å². The molecule has 0 atom stereocenters. The summed E-state index contributed by atoms with van der Waals surface area (Å²) in [5.41, 5.74) is 8.09. The summed E-state index contributed by atoms with van der Waals surface area (Å²) in [4.78, 5) is 4.15. The third-order valence-electron chi connectivity index (χ3n) is 2.19. The zero-order chi connectivity index (χ0) is 11.5.